The fourth-order valence-corrected chi connectivity index (χ4v) is 4.16. The Balaban J connectivity index is 1.75. The molecule has 4 rings (SSSR count). The SMILES string of the molecule is O=C(Cn1c(-c2ccc(Cl)cc2Cl)nc2ccccc21)N1CCCCCC1. The summed E-state index contributed by atoms with van der Waals surface area (Å²) in [4.78, 5) is 19.7. The minimum absolute atomic E-state index is 0.131. The van der Waals surface area contributed by atoms with E-state index in [9.17, 15) is 4.79 Å². The standard InChI is InChI=1S/C21H21Cl2N3O/c22-15-9-10-16(17(23)13-15)21-24-18-7-3-4-8-19(18)26(21)14-20(27)25-11-5-1-2-6-12-25/h3-4,7-10,13H,1-2,5-6,11-12,14H2. The summed E-state index contributed by atoms with van der Waals surface area (Å²) in [5.41, 5.74) is 2.56. The maximum Gasteiger partial charge on any atom is 0.242 e. The summed E-state index contributed by atoms with van der Waals surface area (Å²) in [7, 11) is 0. The predicted molar refractivity (Wildman–Crippen MR) is 110 cm³/mol. The van der Waals surface area contributed by atoms with Crippen LogP contribution in [0, 0.1) is 0 Å². The molecule has 1 aliphatic rings. The number of carbonyl (C=O) groups is 1. The Morgan fingerprint density at radius 2 is 1.74 bits per heavy atom. The minimum Gasteiger partial charge on any atom is -0.341 e. The van der Waals surface area contributed by atoms with E-state index in [1.165, 1.54) is 12.8 Å². The van der Waals surface area contributed by atoms with Crippen LogP contribution in [0.25, 0.3) is 22.4 Å². The van der Waals surface area contributed by atoms with Gasteiger partial charge in [0.05, 0.1) is 16.1 Å². The van der Waals surface area contributed by atoms with Crippen molar-refractivity contribution in [2.75, 3.05) is 13.1 Å². The Kier molecular flexibility index (Phi) is 5.37. The average molecular weight is 402 g/mol. The van der Waals surface area contributed by atoms with Crippen molar-refractivity contribution in [1.82, 2.24) is 14.5 Å². The normalized spacial score (nSPS) is 15.1. The van der Waals surface area contributed by atoms with E-state index in [0.29, 0.717) is 15.9 Å². The summed E-state index contributed by atoms with van der Waals surface area (Å²) >= 11 is 12.5. The molecule has 3 aromatic rings. The number of halogens is 2. The Bertz CT molecular complexity index is 975. The van der Waals surface area contributed by atoms with Gasteiger partial charge in [0.15, 0.2) is 0 Å². The third kappa shape index (κ3) is 3.83. The lowest BCUT2D eigenvalue weighted by Crippen LogP contribution is -2.34. The van der Waals surface area contributed by atoms with Gasteiger partial charge in [-0.3, -0.25) is 4.79 Å². The number of hydrogen-bond donors (Lipinski definition) is 0. The van der Waals surface area contributed by atoms with Gasteiger partial charge < -0.3 is 9.47 Å². The van der Waals surface area contributed by atoms with Crippen molar-refractivity contribution in [2.45, 2.75) is 32.2 Å². The highest BCUT2D eigenvalue weighted by Gasteiger charge is 2.21. The highest BCUT2D eigenvalue weighted by molar-refractivity contribution is 6.36. The van der Waals surface area contributed by atoms with Crippen LogP contribution >= 0.6 is 23.2 Å². The molecule has 0 N–H and O–H groups in total. The lowest BCUT2D eigenvalue weighted by Gasteiger charge is -2.21. The number of para-hydroxylation sites is 2. The summed E-state index contributed by atoms with van der Waals surface area (Å²) in [6.45, 7) is 1.93. The molecule has 1 fully saturated rings. The predicted octanol–water partition coefficient (Wildman–Crippen LogP) is 5.41. The molecule has 1 aromatic heterocycles. The molecule has 140 valence electrons. The van der Waals surface area contributed by atoms with Crippen LogP contribution in [-0.2, 0) is 11.3 Å². The molecule has 1 aliphatic heterocycles. The van der Waals surface area contributed by atoms with Crippen LogP contribution in [0.15, 0.2) is 42.5 Å². The van der Waals surface area contributed by atoms with Crippen LogP contribution in [-0.4, -0.2) is 33.4 Å². The molecule has 0 saturated carbocycles. The maximum atomic E-state index is 13.0. The number of imidazole rings is 1. The number of aromatic nitrogens is 2. The molecule has 0 aliphatic carbocycles. The zero-order valence-electron chi connectivity index (χ0n) is 15.0. The second kappa shape index (κ2) is 7.91. The molecule has 4 nitrogen and oxygen atoms in total. The molecule has 2 aromatic carbocycles. The van der Waals surface area contributed by atoms with Gasteiger partial charge >= 0.3 is 0 Å². The molecule has 0 atom stereocenters. The summed E-state index contributed by atoms with van der Waals surface area (Å²) in [5.74, 6) is 0.826. The van der Waals surface area contributed by atoms with Gasteiger partial charge in [-0.1, -0.05) is 48.2 Å². The van der Waals surface area contributed by atoms with Crippen LogP contribution in [0.2, 0.25) is 10.0 Å². The second-order valence-corrected chi connectivity index (χ2v) is 7.77. The van der Waals surface area contributed by atoms with Gasteiger partial charge in [-0.2, -0.15) is 0 Å². The summed E-state index contributed by atoms with van der Waals surface area (Å²) in [6, 6.07) is 13.2. The number of hydrogen-bond acceptors (Lipinski definition) is 2. The average Bonchev–Trinajstić information content (AvgIpc) is 2.83. The van der Waals surface area contributed by atoms with E-state index in [2.05, 4.69) is 0 Å². The van der Waals surface area contributed by atoms with Crippen molar-refractivity contribution in [1.29, 1.82) is 0 Å². The van der Waals surface area contributed by atoms with E-state index in [4.69, 9.17) is 28.2 Å². The number of nitrogens with zero attached hydrogens (tertiary/aromatic N) is 3. The van der Waals surface area contributed by atoms with Crippen molar-refractivity contribution in [2.24, 2.45) is 0 Å². The monoisotopic (exact) mass is 401 g/mol. The molecular formula is C21H21Cl2N3O. The highest BCUT2D eigenvalue weighted by atomic mass is 35.5. The number of rotatable bonds is 3. The number of carbonyl (C=O) groups excluding carboxylic acids is 1. The number of fused-ring (bicyclic) bond motifs is 1. The first-order valence-electron chi connectivity index (χ1n) is 9.32. The van der Waals surface area contributed by atoms with E-state index >= 15 is 0 Å². The van der Waals surface area contributed by atoms with E-state index in [1.54, 1.807) is 12.1 Å². The molecule has 0 bridgehead atoms. The van der Waals surface area contributed by atoms with Crippen LogP contribution < -0.4 is 0 Å². The molecule has 2 heterocycles. The fourth-order valence-electron chi connectivity index (χ4n) is 3.67. The zero-order valence-corrected chi connectivity index (χ0v) is 16.5. The van der Waals surface area contributed by atoms with Crippen LogP contribution in [0.1, 0.15) is 25.7 Å². The maximum absolute atomic E-state index is 13.0. The van der Waals surface area contributed by atoms with Crippen LogP contribution in [0.5, 0.6) is 0 Å². The van der Waals surface area contributed by atoms with Crippen molar-refractivity contribution in [3.8, 4) is 11.4 Å². The lowest BCUT2D eigenvalue weighted by molar-refractivity contribution is -0.131. The van der Waals surface area contributed by atoms with Gasteiger partial charge in [0, 0.05) is 23.7 Å². The Morgan fingerprint density at radius 3 is 2.48 bits per heavy atom. The molecule has 0 spiro atoms. The molecule has 1 amide bonds. The van der Waals surface area contributed by atoms with Gasteiger partial charge in [-0.25, -0.2) is 4.98 Å². The fraction of sp³-hybridized carbons (Fsp3) is 0.333. The van der Waals surface area contributed by atoms with Crippen LogP contribution in [0.3, 0.4) is 0 Å². The van der Waals surface area contributed by atoms with Gasteiger partial charge in [-0.15, -0.1) is 0 Å². The molecule has 0 unspecified atom stereocenters. The van der Waals surface area contributed by atoms with Crippen LogP contribution in [0.4, 0.5) is 0 Å². The van der Waals surface area contributed by atoms with E-state index in [1.807, 2.05) is 39.8 Å². The quantitative estimate of drug-likeness (QED) is 0.587. The van der Waals surface area contributed by atoms with Crippen molar-refractivity contribution in [3.05, 3.63) is 52.5 Å². The van der Waals surface area contributed by atoms with Crippen molar-refractivity contribution in [3.63, 3.8) is 0 Å². The Morgan fingerprint density at radius 1 is 1.00 bits per heavy atom. The summed E-state index contributed by atoms with van der Waals surface area (Å²) < 4.78 is 1.97. The Hall–Kier alpha value is -2.04. The molecule has 6 heteroatoms. The molecule has 1 saturated heterocycles. The first-order valence-corrected chi connectivity index (χ1v) is 10.1. The summed E-state index contributed by atoms with van der Waals surface area (Å²) in [6.07, 6.45) is 4.55. The van der Waals surface area contributed by atoms with E-state index < -0.39 is 0 Å². The number of likely N-dealkylation sites (tertiary alicyclic amines) is 1. The third-order valence-electron chi connectivity index (χ3n) is 5.08. The second-order valence-electron chi connectivity index (χ2n) is 6.93. The van der Waals surface area contributed by atoms with Gasteiger partial charge in [0.25, 0.3) is 0 Å². The van der Waals surface area contributed by atoms with Crippen molar-refractivity contribution < 1.29 is 4.79 Å². The Labute approximate surface area is 168 Å². The topological polar surface area (TPSA) is 38.1 Å². The van der Waals surface area contributed by atoms with Gasteiger partial charge in [0.1, 0.15) is 12.4 Å². The first kappa shape index (κ1) is 18.3. The van der Waals surface area contributed by atoms with Gasteiger partial charge in [0.2, 0.25) is 5.91 Å². The van der Waals surface area contributed by atoms with Crippen molar-refractivity contribution >= 4 is 40.1 Å². The number of benzene rings is 2. The van der Waals surface area contributed by atoms with Gasteiger partial charge in [-0.05, 0) is 43.2 Å². The molecule has 27 heavy (non-hydrogen) atoms. The largest absolute Gasteiger partial charge is 0.341 e. The third-order valence-corrected chi connectivity index (χ3v) is 5.63. The molecule has 0 radical (unpaired) electrons. The zero-order chi connectivity index (χ0) is 18.8. The lowest BCUT2D eigenvalue weighted by atomic mass is 10.2. The summed E-state index contributed by atoms with van der Waals surface area (Å²) in [5, 5.41) is 1.10. The van der Waals surface area contributed by atoms with E-state index in [0.717, 1.165) is 42.5 Å². The minimum atomic E-state index is 0.131. The first-order chi connectivity index (χ1) is 13.1. The number of amides is 1. The smallest absolute Gasteiger partial charge is 0.242 e. The van der Waals surface area contributed by atoms with E-state index in [-0.39, 0.29) is 12.5 Å². The molecular weight excluding hydrogens is 381 g/mol. The highest BCUT2D eigenvalue weighted by Crippen LogP contribution is 2.32.